The van der Waals surface area contributed by atoms with Gasteiger partial charge in [-0.15, -0.1) is 0 Å². The number of imide groups is 1. The molecule has 2 amide bonds. The molecule has 0 radical (unpaired) electrons. The van der Waals surface area contributed by atoms with Gasteiger partial charge in [-0.25, -0.2) is 0 Å². The number of fused-ring (bicyclic) bond motifs is 1. The van der Waals surface area contributed by atoms with Crippen LogP contribution in [0, 0.1) is 0 Å². The molecule has 26 heavy (non-hydrogen) atoms. The standard InChI is InChI=1S/C21H18N2O2S/c1-2-14-6-8-15(9-7-14)13-23-11-10-17-16(4-3-5-18(17)23)12-19-20(24)22-21(25)26-19/h3-12H,2,13H2,1H3,(H,22,24,25)/b19-12-. The van der Waals surface area contributed by atoms with Crippen molar-refractivity contribution in [2.45, 2.75) is 19.9 Å². The summed E-state index contributed by atoms with van der Waals surface area (Å²) in [4.78, 5) is 23.6. The van der Waals surface area contributed by atoms with Crippen molar-refractivity contribution in [3.05, 3.63) is 76.3 Å². The number of rotatable bonds is 4. The molecule has 0 atom stereocenters. The Kier molecular flexibility index (Phi) is 4.39. The molecule has 4 nitrogen and oxygen atoms in total. The Morgan fingerprint density at radius 2 is 1.81 bits per heavy atom. The van der Waals surface area contributed by atoms with Crippen LogP contribution in [-0.4, -0.2) is 15.7 Å². The molecule has 1 aliphatic rings. The number of nitrogens with zero attached hydrogens (tertiary/aromatic N) is 1. The number of benzene rings is 2. The Labute approximate surface area is 155 Å². The van der Waals surface area contributed by atoms with Crippen molar-refractivity contribution in [3.8, 4) is 0 Å². The van der Waals surface area contributed by atoms with Gasteiger partial charge in [-0.1, -0.05) is 43.3 Å². The van der Waals surface area contributed by atoms with E-state index >= 15 is 0 Å². The molecule has 1 saturated heterocycles. The Hall–Kier alpha value is -2.79. The van der Waals surface area contributed by atoms with E-state index in [-0.39, 0.29) is 11.1 Å². The lowest BCUT2D eigenvalue weighted by atomic mass is 10.1. The number of aromatic nitrogens is 1. The first kappa shape index (κ1) is 16.7. The van der Waals surface area contributed by atoms with Crippen molar-refractivity contribution in [2.24, 2.45) is 0 Å². The first-order valence-corrected chi connectivity index (χ1v) is 9.36. The number of hydrogen-bond acceptors (Lipinski definition) is 3. The summed E-state index contributed by atoms with van der Waals surface area (Å²) < 4.78 is 2.20. The summed E-state index contributed by atoms with van der Waals surface area (Å²) in [7, 11) is 0. The average molecular weight is 362 g/mol. The van der Waals surface area contributed by atoms with Crippen LogP contribution in [0.5, 0.6) is 0 Å². The molecule has 1 aromatic heterocycles. The Morgan fingerprint density at radius 1 is 1.04 bits per heavy atom. The van der Waals surface area contributed by atoms with E-state index in [1.165, 1.54) is 11.1 Å². The highest BCUT2D eigenvalue weighted by Gasteiger charge is 2.25. The van der Waals surface area contributed by atoms with Crippen LogP contribution in [0.1, 0.15) is 23.6 Å². The van der Waals surface area contributed by atoms with Crippen LogP contribution in [0.2, 0.25) is 0 Å². The van der Waals surface area contributed by atoms with Gasteiger partial charge in [-0.05, 0) is 53.1 Å². The topological polar surface area (TPSA) is 51.1 Å². The van der Waals surface area contributed by atoms with Gasteiger partial charge in [0.15, 0.2) is 0 Å². The summed E-state index contributed by atoms with van der Waals surface area (Å²) in [5, 5.41) is 3.04. The molecule has 2 aromatic carbocycles. The van der Waals surface area contributed by atoms with Crippen molar-refractivity contribution < 1.29 is 9.59 Å². The lowest BCUT2D eigenvalue weighted by Crippen LogP contribution is -2.17. The summed E-state index contributed by atoms with van der Waals surface area (Å²) in [5.74, 6) is -0.326. The molecule has 0 bridgehead atoms. The minimum absolute atomic E-state index is 0.318. The first-order valence-electron chi connectivity index (χ1n) is 8.54. The fraction of sp³-hybridized carbons (Fsp3) is 0.143. The maximum absolute atomic E-state index is 11.8. The van der Waals surface area contributed by atoms with Crippen LogP contribution >= 0.6 is 11.8 Å². The van der Waals surface area contributed by atoms with Gasteiger partial charge in [0.1, 0.15) is 0 Å². The first-order chi connectivity index (χ1) is 12.6. The predicted molar refractivity (Wildman–Crippen MR) is 106 cm³/mol. The molecular weight excluding hydrogens is 344 g/mol. The fourth-order valence-corrected chi connectivity index (χ4v) is 3.82. The molecule has 1 fully saturated rings. The van der Waals surface area contributed by atoms with Gasteiger partial charge >= 0.3 is 0 Å². The van der Waals surface area contributed by atoms with Gasteiger partial charge in [0, 0.05) is 23.6 Å². The molecule has 1 aliphatic heterocycles. The van der Waals surface area contributed by atoms with Crippen LogP contribution in [0.15, 0.2) is 59.6 Å². The van der Waals surface area contributed by atoms with Crippen LogP contribution < -0.4 is 5.32 Å². The van der Waals surface area contributed by atoms with E-state index in [0.29, 0.717) is 4.91 Å². The number of aryl methyl sites for hydroxylation is 1. The number of nitrogens with one attached hydrogen (secondary N) is 1. The largest absolute Gasteiger partial charge is 0.343 e. The highest BCUT2D eigenvalue weighted by molar-refractivity contribution is 8.18. The lowest BCUT2D eigenvalue weighted by molar-refractivity contribution is -0.115. The van der Waals surface area contributed by atoms with Crippen LogP contribution in [-0.2, 0) is 17.8 Å². The van der Waals surface area contributed by atoms with Gasteiger partial charge in [0.05, 0.1) is 4.91 Å². The average Bonchev–Trinajstić information content (AvgIpc) is 3.19. The monoisotopic (exact) mass is 362 g/mol. The van der Waals surface area contributed by atoms with Gasteiger partial charge in [-0.2, -0.15) is 0 Å². The Balaban J connectivity index is 1.67. The van der Waals surface area contributed by atoms with Crippen LogP contribution in [0.3, 0.4) is 0 Å². The molecule has 5 heteroatoms. The van der Waals surface area contributed by atoms with Gasteiger partial charge in [0.2, 0.25) is 0 Å². The molecule has 0 unspecified atom stereocenters. The smallest absolute Gasteiger partial charge is 0.290 e. The van der Waals surface area contributed by atoms with Crippen LogP contribution in [0.4, 0.5) is 4.79 Å². The second-order valence-corrected chi connectivity index (χ2v) is 7.26. The molecule has 0 aliphatic carbocycles. The molecule has 2 heterocycles. The zero-order chi connectivity index (χ0) is 18.1. The third-order valence-corrected chi connectivity index (χ3v) is 5.37. The molecule has 1 N–H and O–H groups in total. The van der Waals surface area contributed by atoms with E-state index in [1.807, 2.05) is 12.1 Å². The Morgan fingerprint density at radius 3 is 2.50 bits per heavy atom. The van der Waals surface area contributed by atoms with Gasteiger partial charge < -0.3 is 4.57 Å². The zero-order valence-corrected chi connectivity index (χ0v) is 15.2. The minimum Gasteiger partial charge on any atom is -0.343 e. The fourth-order valence-electron chi connectivity index (χ4n) is 3.15. The van der Waals surface area contributed by atoms with E-state index in [2.05, 4.69) is 59.4 Å². The van der Waals surface area contributed by atoms with Crippen molar-refractivity contribution in [1.82, 2.24) is 9.88 Å². The second-order valence-electron chi connectivity index (χ2n) is 6.25. The maximum Gasteiger partial charge on any atom is 0.290 e. The normalized spacial score (nSPS) is 15.8. The van der Waals surface area contributed by atoms with Gasteiger partial charge in [-0.3, -0.25) is 14.9 Å². The number of amides is 2. The molecular formula is C21H18N2O2S. The minimum atomic E-state index is -0.326. The highest BCUT2D eigenvalue weighted by atomic mass is 32.2. The van der Waals surface area contributed by atoms with Crippen LogP contribution in [0.25, 0.3) is 17.0 Å². The number of carbonyl (C=O) groups excluding carboxylic acids is 2. The van der Waals surface area contributed by atoms with E-state index in [4.69, 9.17) is 0 Å². The summed E-state index contributed by atoms with van der Waals surface area (Å²) >= 11 is 0.945. The van der Waals surface area contributed by atoms with E-state index in [1.54, 1.807) is 6.08 Å². The predicted octanol–water partition coefficient (Wildman–Crippen LogP) is 4.58. The third-order valence-electron chi connectivity index (χ3n) is 4.56. The second kappa shape index (κ2) is 6.84. The summed E-state index contributed by atoms with van der Waals surface area (Å²) in [5.41, 5.74) is 4.63. The quantitative estimate of drug-likeness (QED) is 0.692. The summed E-state index contributed by atoms with van der Waals surface area (Å²) in [6.07, 6.45) is 4.89. The van der Waals surface area contributed by atoms with Gasteiger partial charge in [0.25, 0.3) is 11.1 Å². The number of thioether (sulfide) groups is 1. The lowest BCUT2D eigenvalue weighted by Gasteiger charge is -2.07. The molecule has 0 saturated carbocycles. The SMILES string of the molecule is CCc1ccc(Cn2ccc3c(/C=C4\SC(=O)NC4=O)cccc32)cc1. The molecule has 0 spiro atoms. The highest BCUT2D eigenvalue weighted by Crippen LogP contribution is 2.29. The van der Waals surface area contributed by atoms with E-state index < -0.39 is 0 Å². The van der Waals surface area contributed by atoms with Crippen molar-refractivity contribution in [2.75, 3.05) is 0 Å². The van der Waals surface area contributed by atoms with Crippen molar-refractivity contribution in [3.63, 3.8) is 0 Å². The van der Waals surface area contributed by atoms with Crippen molar-refractivity contribution >= 4 is 39.9 Å². The van der Waals surface area contributed by atoms with E-state index in [0.717, 1.165) is 41.2 Å². The zero-order valence-electron chi connectivity index (χ0n) is 14.4. The third kappa shape index (κ3) is 3.18. The van der Waals surface area contributed by atoms with Crippen molar-refractivity contribution in [1.29, 1.82) is 0 Å². The molecule has 4 rings (SSSR count). The summed E-state index contributed by atoms with van der Waals surface area (Å²) in [6.45, 7) is 2.95. The number of carbonyl (C=O) groups is 2. The maximum atomic E-state index is 11.8. The molecule has 3 aromatic rings. The van der Waals surface area contributed by atoms with E-state index in [9.17, 15) is 9.59 Å². The number of hydrogen-bond donors (Lipinski definition) is 1. The summed E-state index contributed by atoms with van der Waals surface area (Å²) in [6, 6.07) is 16.8. The molecule has 130 valence electrons. The Bertz CT molecular complexity index is 1030.